The molecule has 54 heavy (non-hydrogen) atoms. The average molecular weight is 702 g/mol. The van der Waals surface area contributed by atoms with Crippen molar-refractivity contribution in [2.75, 3.05) is 4.90 Å². The Labute approximate surface area is 323 Å². The molecule has 0 saturated heterocycles. The standard InChI is InChI=1S/C53H51N/c1-51(2,3)40-34-46(52(4,5)6)50-47(35-40)53(7,8)45-27-18-26-44(49(45)50)43-25-15-16-28-48(43)54(41-31-29-38(30-32-41)36-19-11-9-12-20-36)42-24-17-23-39(33-42)37-21-13-10-14-22-37/h9-35H,1-8H3. The van der Waals surface area contributed by atoms with Crippen molar-refractivity contribution in [2.24, 2.45) is 0 Å². The van der Waals surface area contributed by atoms with Gasteiger partial charge in [-0.1, -0.05) is 189 Å². The predicted molar refractivity (Wildman–Crippen MR) is 232 cm³/mol. The fourth-order valence-corrected chi connectivity index (χ4v) is 8.35. The molecule has 268 valence electrons. The molecule has 7 aromatic rings. The van der Waals surface area contributed by atoms with Crippen LogP contribution < -0.4 is 4.90 Å². The first-order valence-corrected chi connectivity index (χ1v) is 19.4. The first-order valence-electron chi connectivity index (χ1n) is 19.4. The van der Waals surface area contributed by atoms with E-state index >= 15 is 0 Å². The van der Waals surface area contributed by atoms with Gasteiger partial charge in [0.25, 0.3) is 0 Å². The molecule has 0 aliphatic heterocycles. The Morgan fingerprint density at radius 3 is 1.61 bits per heavy atom. The van der Waals surface area contributed by atoms with Crippen LogP contribution in [0.5, 0.6) is 0 Å². The molecule has 0 radical (unpaired) electrons. The molecule has 0 saturated carbocycles. The summed E-state index contributed by atoms with van der Waals surface area (Å²) in [6, 6.07) is 60.4. The summed E-state index contributed by atoms with van der Waals surface area (Å²) < 4.78 is 0. The zero-order chi connectivity index (χ0) is 37.8. The van der Waals surface area contributed by atoms with Crippen LogP contribution in [0.25, 0.3) is 44.5 Å². The third kappa shape index (κ3) is 6.26. The average Bonchev–Trinajstić information content (AvgIpc) is 3.41. The molecular formula is C53H51N. The number of anilines is 3. The molecule has 1 aliphatic rings. The maximum absolute atomic E-state index is 2.51. The summed E-state index contributed by atoms with van der Waals surface area (Å²) in [7, 11) is 0. The number of hydrogen-bond acceptors (Lipinski definition) is 1. The molecule has 0 N–H and O–H groups in total. The van der Waals surface area contributed by atoms with Gasteiger partial charge < -0.3 is 4.90 Å². The minimum absolute atomic E-state index is 0.0416. The molecule has 0 amide bonds. The van der Waals surface area contributed by atoms with Gasteiger partial charge in [-0.3, -0.25) is 0 Å². The maximum Gasteiger partial charge on any atom is 0.0540 e. The number of benzene rings is 7. The highest BCUT2D eigenvalue weighted by Crippen LogP contribution is 2.57. The van der Waals surface area contributed by atoms with Gasteiger partial charge in [0.05, 0.1) is 5.69 Å². The molecule has 0 aromatic heterocycles. The lowest BCUT2D eigenvalue weighted by molar-refractivity contribution is 0.564. The van der Waals surface area contributed by atoms with Crippen LogP contribution in [0.2, 0.25) is 0 Å². The van der Waals surface area contributed by atoms with Crippen LogP contribution in [0.1, 0.15) is 77.6 Å². The highest BCUT2D eigenvalue weighted by Gasteiger charge is 2.41. The zero-order valence-electron chi connectivity index (χ0n) is 33.0. The second-order valence-electron chi connectivity index (χ2n) is 17.5. The fraction of sp³-hybridized carbons (Fsp3) is 0.208. The maximum atomic E-state index is 2.51. The van der Waals surface area contributed by atoms with E-state index in [2.05, 4.69) is 224 Å². The molecule has 0 atom stereocenters. The van der Waals surface area contributed by atoms with Gasteiger partial charge in [-0.15, -0.1) is 0 Å². The molecule has 1 nitrogen and oxygen atoms in total. The highest BCUT2D eigenvalue weighted by atomic mass is 15.1. The van der Waals surface area contributed by atoms with E-state index in [0.29, 0.717) is 0 Å². The Hall–Kier alpha value is -5.66. The Bertz CT molecular complexity index is 2450. The molecule has 0 bridgehead atoms. The van der Waals surface area contributed by atoms with E-state index in [4.69, 9.17) is 0 Å². The Balaban J connectivity index is 1.37. The van der Waals surface area contributed by atoms with E-state index in [1.807, 2.05) is 0 Å². The van der Waals surface area contributed by atoms with Gasteiger partial charge in [0.2, 0.25) is 0 Å². The Morgan fingerprint density at radius 2 is 0.963 bits per heavy atom. The van der Waals surface area contributed by atoms with Crippen molar-refractivity contribution in [3.05, 3.63) is 186 Å². The van der Waals surface area contributed by atoms with Crippen molar-refractivity contribution in [1.29, 1.82) is 0 Å². The van der Waals surface area contributed by atoms with Gasteiger partial charge in [-0.25, -0.2) is 0 Å². The molecule has 0 unspecified atom stereocenters. The van der Waals surface area contributed by atoms with E-state index in [1.165, 1.54) is 66.8 Å². The van der Waals surface area contributed by atoms with Gasteiger partial charge >= 0.3 is 0 Å². The summed E-state index contributed by atoms with van der Waals surface area (Å²) in [4.78, 5) is 2.45. The van der Waals surface area contributed by atoms with Gasteiger partial charge in [-0.05, 0) is 102 Å². The van der Waals surface area contributed by atoms with Crippen molar-refractivity contribution >= 4 is 17.1 Å². The molecule has 0 spiro atoms. The van der Waals surface area contributed by atoms with E-state index in [-0.39, 0.29) is 16.2 Å². The summed E-state index contributed by atoms with van der Waals surface area (Å²) in [5.41, 5.74) is 19.0. The first kappa shape index (κ1) is 35.4. The van der Waals surface area contributed by atoms with Crippen LogP contribution in [-0.2, 0) is 16.2 Å². The van der Waals surface area contributed by atoms with Crippen molar-refractivity contribution < 1.29 is 0 Å². The minimum atomic E-state index is -0.145. The van der Waals surface area contributed by atoms with Crippen molar-refractivity contribution in [1.82, 2.24) is 0 Å². The van der Waals surface area contributed by atoms with Crippen molar-refractivity contribution in [3.63, 3.8) is 0 Å². The first-order chi connectivity index (χ1) is 25.8. The molecule has 1 heteroatoms. The van der Waals surface area contributed by atoms with Crippen molar-refractivity contribution in [2.45, 2.75) is 71.6 Å². The lowest BCUT2D eigenvalue weighted by Gasteiger charge is -2.31. The molecule has 0 heterocycles. The second kappa shape index (κ2) is 13.3. The monoisotopic (exact) mass is 701 g/mol. The lowest BCUT2D eigenvalue weighted by Crippen LogP contribution is -2.21. The quantitative estimate of drug-likeness (QED) is 0.167. The molecular weight excluding hydrogens is 651 g/mol. The number of rotatable bonds is 6. The summed E-state index contributed by atoms with van der Waals surface area (Å²) in [6.07, 6.45) is 0. The SMILES string of the molecule is CC(C)(C)c1cc(C(C)(C)C)c2c(c1)C(C)(C)c1cccc(-c3ccccc3N(c3ccc(-c4ccccc4)cc3)c3cccc(-c4ccccc4)c3)c1-2. The zero-order valence-corrected chi connectivity index (χ0v) is 33.0. The van der Waals surface area contributed by atoms with Gasteiger partial charge in [0, 0.05) is 22.4 Å². The van der Waals surface area contributed by atoms with Gasteiger partial charge in [0.1, 0.15) is 0 Å². The minimum Gasteiger partial charge on any atom is -0.310 e. The Kier molecular flexibility index (Phi) is 8.73. The van der Waals surface area contributed by atoms with Gasteiger partial charge in [0.15, 0.2) is 0 Å². The topological polar surface area (TPSA) is 3.24 Å². The third-order valence-electron chi connectivity index (χ3n) is 11.4. The molecule has 1 aliphatic carbocycles. The smallest absolute Gasteiger partial charge is 0.0540 e. The van der Waals surface area contributed by atoms with E-state index in [1.54, 1.807) is 0 Å². The largest absolute Gasteiger partial charge is 0.310 e. The number of hydrogen-bond donors (Lipinski definition) is 0. The summed E-state index contributed by atoms with van der Waals surface area (Å²) in [5, 5.41) is 0. The third-order valence-corrected chi connectivity index (χ3v) is 11.4. The van der Waals surface area contributed by atoms with Crippen LogP contribution in [0.15, 0.2) is 164 Å². The molecule has 7 aromatic carbocycles. The summed E-state index contributed by atoms with van der Waals surface area (Å²) in [6.45, 7) is 19.0. The summed E-state index contributed by atoms with van der Waals surface area (Å²) >= 11 is 0. The van der Waals surface area contributed by atoms with E-state index in [9.17, 15) is 0 Å². The summed E-state index contributed by atoms with van der Waals surface area (Å²) in [5.74, 6) is 0. The number of para-hydroxylation sites is 1. The highest BCUT2D eigenvalue weighted by molar-refractivity contribution is 5.99. The number of fused-ring (bicyclic) bond motifs is 3. The lowest BCUT2D eigenvalue weighted by atomic mass is 9.74. The fourth-order valence-electron chi connectivity index (χ4n) is 8.35. The van der Waals surface area contributed by atoms with Crippen LogP contribution in [0.4, 0.5) is 17.1 Å². The van der Waals surface area contributed by atoms with Crippen molar-refractivity contribution in [3.8, 4) is 44.5 Å². The second-order valence-corrected chi connectivity index (χ2v) is 17.5. The molecule has 8 rings (SSSR count). The van der Waals surface area contributed by atoms with Crippen LogP contribution in [-0.4, -0.2) is 0 Å². The van der Waals surface area contributed by atoms with E-state index < -0.39 is 0 Å². The predicted octanol–water partition coefficient (Wildman–Crippen LogP) is 15.1. The number of nitrogens with zero attached hydrogens (tertiary/aromatic N) is 1. The Morgan fingerprint density at radius 1 is 0.407 bits per heavy atom. The van der Waals surface area contributed by atoms with Crippen LogP contribution in [0.3, 0.4) is 0 Å². The molecule has 0 fully saturated rings. The van der Waals surface area contributed by atoms with E-state index in [0.717, 1.165) is 17.1 Å². The van der Waals surface area contributed by atoms with Crippen LogP contribution >= 0.6 is 0 Å². The van der Waals surface area contributed by atoms with Gasteiger partial charge in [-0.2, -0.15) is 0 Å². The normalized spacial score (nSPS) is 13.3. The van der Waals surface area contributed by atoms with Crippen LogP contribution in [0, 0.1) is 0 Å².